The van der Waals surface area contributed by atoms with E-state index in [0.29, 0.717) is 19.3 Å². The van der Waals surface area contributed by atoms with Crippen LogP contribution in [0.1, 0.15) is 272 Å². The van der Waals surface area contributed by atoms with Crippen molar-refractivity contribution in [2.45, 2.75) is 278 Å². The molecule has 0 aromatic rings. The Morgan fingerprint density at radius 1 is 0.345 bits per heavy atom. The molecule has 0 aliphatic carbocycles. The molecule has 1 atom stereocenters. The van der Waals surface area contributed by atoms with E-state index in [9.17, 15) is 14.4 Å². The lowest BCUT2D eigenvalue weighted by atomic mass is 10.0. The normalized spacial score (nSPS) is 11.9. The standard InChI is InChI=1S/C49H94O6/c1-5-7-9-11-13-15-17-18-19-20-21-22-23-24-26-27-32-36-40-47(50)53-43-46(44-54-48(51)41-37-33-30-29-31-35-39-45(3)4)55-49(52)42-38-34-28-25-16-14-12-10-8-6-2/h45-46H,5-44H2,1-4H3/t46-/m1/s1. The van der Waals surface area contributed by atoms with E-state index in [1.54, 1.807) is 0 Å². The lowest BCUT2D eigenvalue weighted by Crippen LogP contribution is -2.30. The molecular formula is C49H94O6. The predicted molar refractivity (Wildman–Crippen MR) is 233 cm³/mol. The molecule has 0 aliphatic rings. The number of rotatable bonds is 44. The van der Waals surface area contributed by atoms with Gasteiger partial charge in [-0.2, -0.15) is 0 Å². The van der Waals surface area contributed by atoms with Gasteiger partial charge in [0.25, 0.3) is 0 Å². The molecule has 0 aromatic heterocycles. The molecular weight excluding hydrogens is 685 g/mol. The van der Waals surface area contributed by atoms with E-state index in [4.69, 9.17) is 14.2 Å². The first kappa shape index (κ1) is 53.4. The van der Waals surface area contributed by atoms with Crippen molar-refractivity contribution < 1.29 is 28.6 Å². The second-order valence-electron chi connectivity index (χ2n) is 17.2. The van der Waals surface area contributed by atoms with Crippen LogP contribution in [0.5, 0.6) is 0 Å². The highest BCUT2D eigenvalue weighted by molar-refractivity contribution is 5.71. The van der Waals surface area contributed by atoms with Crippen molar-refractivity contribution in [2.24, 2.45) is 5.92 Å². The van der Waals surface area contributed by atoms with Crippen LogP contribution in [0, 0.1) is 5.92 Å². The minimum atomic E-state index is -0.759. The summed E-state index contributed by atoms with van der Waals surface area (Å²) in [6.45, 7) is 8.93. The van der Waals surface area contributed by atoms with Crippen LogP contribution < -0.4 is 0 Å². The summed E-state index contributed by atoms with van der Waals surface area (Å²) in [5.41, 5.74) is 0. The van der Waals surface area contributed by atoms with E-state index in [-0.39, 0.29) is 31.1 Å². The number of ether oxygens (including phenoxy) is 3. The topological polar surface area (TPSA) is 78.9 Å². The highest BCUT2D eigenvalue weighted by atomic mass is 16.6. The van der Waals surface area contributed by atoms with Crippen molar-refractivity contribution in [1.29, 1.82) is 0 Å². The lowest BCUT2D eigenvalue weighted by Gasteiger charge is -2.18. The Bertz CT molecular complexity index is 826. The SMILES string of the molecule is CCCCCCCCCCCCCCCCCCCCC(=O)OC[C@H](COC(=O)CCCCCCCCC(C)C)OC(=O)CCCCCCCCCCCC. The zero-order chi connectivity index (χ0) is 40.3. The molecule has 0 amide bonds. The first-order valence-corrected chi connectivity index (χ1v) is 24.4. The van der Waals surface area contributed by atoms with Gasteiger partial charge in [-0.25, -0.2) is 0 Å². The van der Waals surface area contributed by atoms with Crippen molar-refractivity contribution in [3.63, 3.8) is 0 Å². The van der Waals surface area contributed by atoms with E-state index >= 15 is 0 Å². The van der Waals surface area contributed by atoms with Crippen molar-refractivity contribution in [3.8, 4) is 0 Å². The molecule has 0 rings (SSSR count). The van der Waals surface area contributed by atoms with Gasteiger partial charge in [-0.3, -0.25) is 14.4 Å². The Kier molecular flexibility index (Phi) is 42.3. The predicted octanol–water partition coefficient (Wildman–Crippen LogP) is 15.5. The first-order chi connectivity index (χ1) is 26.9. The van der Waals surface area contributed by atoms with Crippen molar-refractivity contribution in [1.82, 2.24) is 0 Å². The van der Waals surface area contributed by atoms with Crippen LogP contribution in [0.15, 0.2) is 0 Å². The van der Waals surface area contributed by atoms with Gasteiger partial charge in [0.1, 0.15) is 13.2 Å². The van der Waals surface area contributed by atoms with Crippen LogP contribution >= 0.6 is 0 Å². The maximum Gasteiger partial charge on any atom is 0.306 e. The van der Waals surface area contributed by atoms with Gasteiger partial charge in [-0.15, -0.1) is 0 Å². The molecule has 0 N–H and O–H groups in total. The van der Waals surface area contributed by atoms with Crippen LogP contribution in [0.3, 0.4) is 0 Å². The molecule has 0 bridgehead atoms. The summed E-state index contributed by atoms with van der Waals surface area (Å²) in [4.78, 5) is 37.7. The Balaban J connectivity index is 4.21. The van der Waals surface area contributed by atoms with Crippen LogP contribution in [-0.4, -0.2) is 37.2 Å². The molecule has 0 saturated heterocycles. The summed E-state index contributed by atoms with van der Waals surface area (Å²) in [5.74, 6) is -0.0928. The van der Waals surface area contributed by atoms with Crippen LogP contribution in [0.2, 0.25) is 0 Å². The van der Waals surface area contributed by atoms with Gasteiger partial charge in [0.05, 0.1) is 0 Å². The van der Waals surface area contributed by atoms with Gasteiger partial charge < -0.3 is 14.2 Å². The van der Waals surface area contributed by atoms with E-state index in [2.05, 4.69) is 27.7 Å². The Morgan fingerprint density at radius 2 is 0.600 bits per heavy atom. The molecule has 0 spiro atoms. The zero-order valence-electron chi connectivity index (χ0n) is 37.4. The Labute approximate surface area is 342 Å². The second-order valence-corrected chi connectivity index (χ2v) is 17.2. The molecule has 0 unspecified atom stereocenters. The molecule has 0 heterocycles. The highest BCUT2D eigenvalue weighted by Crippen LogP contribution is 2.16. The van der Waals surface area contributed by atoms with Crippen LogP contribution in [0.4, 0.5) is 0 Å². The number of carbonyl (C=O) groups is 3. The third-order valence-electron chi connectivity index (χ3n) is 11.0. The fourth-order valence-electron chi connectivity index (χ4n) is 7.33. The molecule has 6 heteroatoms. The highest BCUT2D eigenvalue weighted by Gasteiger charge is 2.19. The minimum absolute atomic E-state index is 0.0642. The van der Waals surface area contributed by atoms with E-state index in [0.717, 1.165) is 63.7 Å². The number of hydrogen-bond donors (Lipinski definition) is 0. The fourth-order valence-corrected chi connectivity index (χ4v) is 7.33. The largest absolute Gasteiger partial charge is 0.462 e. The molecule has 0 radical (unpaired) electrons. The monoisotopic (exact) mass is 779 g/mol. The molecule has 0 aliphatic heterocycles. The summed E-state index contributed by atoms with van der Waals surface area (Å²) < 4.78 is 16.7. The van der Waals surface area contributed by atoms with E-state index in [1.807, 2.05) is 0 Å². The van der Waals surface area contributed by atoms with Gasteiger partial charge in [-0.05, 0) is 25.2 Å². The third kappa shape index (κ3) is 43.4. The van der Waals surface area contributed by atoms with Gasteiger partial charge in [-0.1, -0.05) is 233 Å². The fraction of sp³-hybridized carbons (Fsp3) is 0.939. The smallest absolute Gasteiger partial charge is 0.306 e. The molecule has 0 fully saturated rings. The zero-order valence-corrected chi connectivity index (χ0v) is 37.4. The van der Waals surface area contributed by atoms with Gasteiger partial charge in [0, 0.05) is 19.3 Å². The summed E-state index contributed by atoms with van der Waals surface area (Å²) in [7, 11) is 0. The summed E-state index contributed by atoms with van der Waals surface area (Å²) >= 11 is 0. The van der Waals surface area contributed by atoms with Crippen molar-refractivity contribution in [3.05, 3.63) is 0 Å². The number of carbonyl (C=O) groups excluding carboxylic acids is 3. The van der Waals surface area contributed by atoms with Crippen molar-refractivity contribution >= 4 is 17.9 Å². The Hall–Kier alpha value is -1.59. The maximum absolute atomic E-state index is 12.7. The quantitative estimate of drug-likeness (QED) is 0.0348. The number of esters is 3. The summed E-state index contributed by atoms with van der Waals surface area (Å²) in [6, 6.07) is 0. The van der Waals surface area contributed by atoms with Crippen LogP contribution in [0.25, 0.3) is 0 Å². The van der Waals surface area contributed by atoms with Gasteiger partial charge in [0.2, 0.25) is 0 Å². The molecule has 0 saturated carbocycles. The number of unbranched alkanes of at least 4 members (excludes halogenated alkanes) is 31. The van der Waals surface area contributed by atoms with Crippen molar-refractivity contribution in [2.75, 3.05) is 13.2 Å². The van der Waals surface area contributed by atoms with Crippen LogP contribution in [-0.2, 0) is 28.6 Å². The minimum Gasteiger partial charge on any atom is -0.462 e. The first-order valence-electron chi connectivity index (χ1n) is 24.4. The molecule has 326 valence electrons. The van der Waals surface area contributed by atoms with Gasteiger partial charge in [0.15, 0.2) is 6.10 Å². The maximum atomic E-state index is 12.7. The number of hydrogen-bond acceptors (Lipinski definition) is 6. The summed E-state index contributed by atoms with van der Waals surface area (Å²) in [6.07, 6.45) is 43.9. The van der Waals surface area contributed by atoms with E-state index < -0.39 is 6.10 Å². The summed E-state index contributed by atoms with van der Waals surface area (Å²) in [5, 5.41) is 0. The Morgan fingerprint density at radius 3 is 0.891 bits per heavy atom. The lowest BCUT2D eigenvalue weighted by molar-refractivity contribution is -0.167. The average molecular weight is 779 g/mol. The van der Waals surface area contributed by atoms with Gasteiger partial charge >= 0.3 is 17.9 Å². The molecule has 0 aromatic carbocycles. The van der Waals surface area contributed by atoms with E-state index in [1.165, 1.54) is 167 Å². The average Bonchev–Trinajstić information content (AvgIpc) is 3.17. The molecule has 55 heavy (non-hydrogen) atoms. The third-order valence-corrected chi connectivity index (χ3v) is 11.0. The second kappa shape index (κ2) is 43.5. The molecule has 6 nitrogen and oxygen atoms in total.